The molecule has 1 aliphatic heterocycles. The van der Waals surface area contributed by atoms with Crippen molar-refractivity contribution in [3.8, 4) is 5.75 Å². The van der Waals surface area contributed by atoms with Gasteiger partial charge >= 0.3 is 6.03 Å². The van der Waals surface area contributed by atoms with Crippen LogP contribution in [0.4, 0.5) is 10.5 Å². The molecule has 3 N–H and O–H groups in total. The second-order valence-electron chi connectivity index (χ2n) is 8.32. The predicted molar refractivity (Wildman–Crippen MR) is 113 cm³/mol. The van der Waals surface area contributed by atoms with Gasteiger partial charge in [0.1, 0.15) is 6.10 Å². The summed E-state index contributed by atoms with van der Waals surface area (Å²) in [6.07, 6.45) is -0.193. The minimum absolute atomic E-state index is 0.0227. The molecule has 2 rings (SSSR count). The number of hydrogen-bond donors (Lipinski definition) is 3. The van der Waals surface area contributed by atoms with E-state index in [1.54, 1.807) is 23.1 Å². The van der Waals surface area contributed by atoms with Gasteiger partial charge in [0.25, 0.3) is 5.91 Å². The fourth-order valence-corrected chi connectivity index (χ4v) is 3.34. The number of para-hydroxylation sites is 1. The lowest BCUT2D eigenvalue weighted by molar-refractivity contribution is 0.0365. The maximum Gasteiger partial charge on any atom is 0.319 e. The zero-order valence-electron chi connectivity index (χ0n) is 18.2. The number of carbonyl (C=O) groups excluding carboxylic acids is 2. The number of ether oxygens (including phenoxy) is 1. The van der Waals surface area contributed by atoms with Crippen LogP contribution in [0.2, 0.25) is 0 Å². The molecular formula is C21H34N4O4. The third-order valence-electron chi connectivity index (χ3n) is 4.90. The lowest BCUT2D eigenvalue weighted by atomic mass is 9.99. The van der Waals surface area contributed by atoms with Gasteiger partial charge in [-0.2, -0.15) is 0 Å². The Morgan fingerprint density at radius 1 is 1.34 bits per heavy atom. The highest BCUT2D eigenvalue weighted by atomic mass is 16.5. The smallest absolute Gasteiger partial charge is 0.319 e. The van der Waals surface area contributed by atoms with Gasteiger partial charge in [0.05, 0.1) is 23.9 Å². The number of hydrogen-bond acceptors (Lipinski definition) is 5. The first-order valence-corrected chi connectivity index (χ1v) is 10.1. The van der Waals surface area contributed by atoms with Gasteiger partial charge in [-0.05, 0) is 47.0 Å². The summed E-state index contributed by atoms with van der Waals surface area (Å²) >= 11 is 0. The molecule has 1 heterocycles. The molecule has 3 atom stereocenters. The summed E-state index contributed by atoms with van der Waals surface area (Å²) in [5.74, 6) is 0.176. The summed E-state index contributed by atoms with van der Waals surface area (Å²) in [6.45, 7) is 8.61. The second-order valence-corrected chi connectivity index (χ2v) is 8.32. The van der Waals surface area contributed by atoms with Gasteiger partial charge in [0, 0.05) is 25.0 Å². The first-order chi connectivity index (χ1) is 13.6. The minimum atomic E-state index is -0.357. The minimum Gasteiger partial charge on any atom is -0.486 e. The summed E-state index contributed by atoms with van der Waals surface area (Å²) in [4.78, 5) is 29.3. The molecule has 1 aliphatic rings. The Morgan fingerprint density at radius 3 is 2.62 bits per heavy atom. The maximum absolute atomic E-state index is 13.3. The average Bonchev–Trinajstić information content (AvgIpc) is 2.63. The third kappa shape index (κ3) is 5.83. The van der Waals surface area contributed by atoms with E-state index in [9.17, 15) is 14.7 Å². The largest absolute Gasteiger partial charge is 0.486 e. The summed E-state index contributed by atoms with van der Waals surface area (Å²) in [5.41, 5.74) is 0.826. The Labute approximate surface area is 173 Å². The van der Waals surface area contributed by atoms with Crippen molar-refractivity contribution in [1.29, 1.82) is 0 Å². The number of carbonyl (C=O) groups is 2. The molecule has 0 spiro atoms. The first-order valence-electron chi connectivity index (χ1n) is 10.1. The molecule has 0 unspecified atom stereocenters. The van der Waals surface area contributed by atoms with Crippen molar-refractivity contribution in [3.05, 3.63) is 23.8 Å². The van der Waals surface area contributed by atoms with Gasteiger partial charge in [-0.15, -0.1) is 0 Å². The van der Waals surface area contributed by atoms with E-state index in [1.165, 1.54) is 0 Å². The van der Waals surface area contributed by atoms with Gasteiger partial charge < -0.3 is 30.3 Å². The van der Waals surface area contributed by atoms with Crippen LogP contribution in [0, 0.1) is 5.92 Å². The lowest BCUT2D eigenvalue weighted by Crippen LogP contribution is -2.49. The van der Waals surface area contributed by atoms with Crippen LogP contribution >= 0.6 is 0 Å². The number of rotatable bonds is 6. The number of likely N-dealkylation sites (N-methyl/N-ethyl adjacent to an activating group) is 1. The summed E-state index contributed by atoms with van der Waals surface area (Å²) in [7, 11) is 3.94. The topological polar surface area (TPSA) is 94.1 Å². The molecule has 0 bridgehead atoms. The van der Waals surface area contributed by atoms with E-state index < -0.39 is 0 Å². The molecule has 0 saturated carbocycles. The molecule has 0 aliphatic carbocycles. The average molecular weight is 407 g/mol. The van der Waals surface area contributed by atoms with Crippen molar-refractivity contribution < 1.29 is 19.4 Å². The van der Waals surface area contributed by atoms with Crippen molar-refractivity contribution in [2.45, 2.75) is 45.9 Å². The molecule has 162 valence electrons. The van der Waals surface area contributed by atoms with E-state index >= 15 is 0 Å². The predicted octanol–water partition coefficient (Wildman–Crippen LogP) is 2.00. The second kappa shape index (κ2) is 9.93. The summed E-state index contributed by atoms with van der Waals surface area (Å²) in [6, 6.07) is 4.44. The van der Waals surface area contributed by atoms with E-state index in [1.807, 2.05) is 46.7 Å². The van der Waals surface area contributed by atoms with Crippen LogP contribution in [0.5, 0.6) is 5.75 Å². The highest BCUT2D eigenvalue weighted by molar-refractivity contribution is 6.01. The van der Waals surface area contributed by atoms with E-state index in [4.69, 9.17) is 4.74 Å². The number of aliphatic hydroxyl groups is 1. The van der Waals surface area contributed by atoms with Gasteiger partial charge in [0.2, 0.25) is 0 Å². The molecule has 1 aromatic rings. The fourth-order valence-electron chi connectivity index (χ4n) is 3.34. The molecule has 8 nitrogen and oxygen atoms in total. The van der Waals surface area contributed by atoms with Gasteiger partial charge in [0.15, 0.2) is 5.75 Å². The highest BCUT2D eigenvalue weighted by Crippen LogP contribution is 2.34. The number of amides is 3. The van der Waals surface area contributed by atoms with E-state index in [0.717, 1.165) is 0 Å². The van der Waals surface area contributed by atoms with Gasteiger partial charge in [-0.3, -0.25) is 4.79 Å². The Hall–Kier alpha value is -2.32. The van der Waals surface area contributed by atoms with E-state index in [-0.39, 0.29) is 42.7 Å². The van der Waals surface area contributed by atoms with Crippen molar-refractivity contribution in [2.75, 3.05) is 39.1 Å². The van der Waals surface area contributed by atoms with Crippen LogP contribution in [0.3, 0.4) is 0 Å². The van der Waals surface area contributed by atoms with Crippen LogP contribution in [-0.2, 0) is 0 Å². The van der Waals surface area contributed by atoms with Crippen molar-refractivity contribution >= 4 is 17.6 Å². The Bertz CT molecular complexity index is 723. The van der Waals surface area contributed by atoms with Gasteiger partial charge in [-0.25, -0.2) is 4.79 Å². The van der Waals surface area contributed by atoms with Crippen LogP contribution in [0.25, 0.3) is 0 Å². The van der Waals surface area contributed by atoms with Crippen molar-refractivity contribution in [1.82, 2.24) is 15.1 Å². The number of nitrogens with one attached hydrogen (secondary N) is 2. The molecule has 0 radical (unpaired) electrons. The number of benzene rings is 1. The number of urea groups is 1. The number of fused-ring (bicyclic) bond motifs is 1. The SMILES string of the molecule is CC(C)NC(=O)Nc1cccc2c1O[C@@H](CN(C)C)[C@@H](C)CN([C@@H](C)CO)C2=O. The Balaban J connectivity index is 2.50. The normalized spacial score (nSPS) is 20.6. The maximum atomic E-state index is 13.3. The van der Waals surface area contributed by atoms with E-state index in [2.05, 4.69) is 10.6 Å². The van der Waals surface area contributed by atoms with Crippen molar-refractivity contribution in [2.24, 2.45) is 5.92 Å². The number of aliphatic hydroxyl groups excluding tert-OH is 1. The van der Waals surface area contributed by atoms with E-state index in [0.29, 0.717) is 30.1 Å². The molecule has 3 amide bonds. The fraction of sp³-hybridized carbons (Fsp3) is 0.619. The van der Waals surface area contributed by atoms with Crippen LogP contribution < -0.4 is 15.4 Å². The molecule has 0 aromatic heterocycles. The van der Waals surface area contributed by atoms with Crippen LogP contribution in [0.1, 0.15) is 38.1 Å². The monoisotopic (exact) mass is 406 g/mol. The number of anilines is 1. The highest BCUT2D eigenvalue weighted by Gasteiger charge is 2.34. The molecule has 29 heavy (non-hydrogen) atoms. The summed E-state index contributed by atoms with van der Waals surface area (Å²) in [5, 5.41) is 15.3. The number of nitrogens with zero attached hydrogens (tertiary/aromatic N) is 2. The lowest BCUT2D eigenvalue weighted by Gasteiger charge is -2.38. The standard InChI is InChI=1S/C21H34N4O4/c1-13(2)22-21(28)23-17-9-7-8-16-19(17)29-18(11-24(5)6)14(3)10-25(20(16)27)15(4)12-26/h7-9,13-15,18,26H,10-12H2,1-6H3,(H2,22,23,28)/t14-,15-,18-/m0/s1. The van der Waals surface area contributed by atoms with Crippen LogP contribution in [0.15, 0.2) is 18.2 Å². The zero-order chi connectivity index (χ0) is 21.7. The molecular weight excluding hydrogens is 372 g/mol. The Kier molecular flexibility index (Phi) is 7.87. The Morgan fingerprint density at radius 2 is 2.03 bits per heavy atom. The quantitative estimate of drug-likeness (QED) is 0.672. The molecule has 0 fully saturated rings. The van der Waals surface area contributed by atoms with Crippen LogP contribution in [-0.4, -0.2) is 78.8 Å². The molecule has 0 saturated heterocycles. The zero-order valence-corrected chi connectivity index (χ0v) is 18.2. The van der Waals surface area contributed by atoms with Crippen molar-refractivity contribution in [3.63, 3.8) is 0 Å². The third-order valence-corrected chi connectivity index (χ3v) is 4.90. The first kappa shape index (κ1) is 23.0. The summed E-state index contributed by atoms with van der Waals surface area (Å²) < 4.78 is 6.33. The molecule has 1 aromatic carbocycles. The van der Waals surface area contributed by atoms with Gasteiger partial charge in [-0.1, -0.05) is 13.0 Å². The molecule has 8 heteroatoms.